The monoisotopic (exact) mass is 540 g/mol. The molecule has 206 valence electrons. The molecule has 0 radical (unpaired) electrons. The Morgan fingerprint density at radius 3 is 2.30 bits per heavy atom. The van der Waals surface area contributed by atoms with Crippen molar-refractivity contribution < 1.29 is 14.5 Å². The van der Waals surface area contributed by atoms with Gasteiger partial charge in [0.1, 0.15) is 17.3 Å². The van der Waals surface area contributed by atoms with Crippen LogP contribution in [0.5, 0.6) is 0 Å². The van der Waals surface area contributed by atoms with Crippen LogP contribution in [0.4, 0.5) is 17.1 Å². The second kappa shape index (κ2) is 11.6. The average Bonchev–Trinajstić information content (AvgIpc) is 3.28. The van der Waals surface area contributed by atoms with E-state index < -0.39 is 0 Å². The van der Waals surface area contributed by atoms with Gasteiger partial charge in [-0.15, -0.1) is 0 Å². The van der Waals surface area contributed by atoms with Gasteiger partial charge in [0.15, 0.2) is 0 Å². The number of nitro benzene ring substituents is 1. The molecule has 5 rings (SSSR count). The van der Waals surface area contributed by atoms with Gasteiger partial charge in [0.25, 0.3) is 11.6 Å². The zero-order valence-electron chi connectivity index (χ0n) is 22.7. The van der Waals surface area contributed by atoms with Crippen molar-refractivity contribution in [2.45, 2.75) is 13.8 Å². The minimum absolute atomic E-state index is 0.0338. The summed E-state index contributed by atoms with van der Waals surface area (Å²) in [7, 11) is 0. The zero-order valence-corrected chi connectivity index (χ0v) is 22.7. The number of nitriles is 1. The maximum absolute atomic E-state index is 13.3. The quantitative estimate of drug-likeness (QED) is 0.201. The number of amides is 1. The highest BCUT2D eigenvalue weighted by molar-refractivity contribution is 6.02. The lowest BCUT2D eigenvalue weighted by atomic mass is 10.1. The molecule has 1 aromatic heterocycles. The molecule has 2 fully saturated rings. The summed E-state index contributed by atoms with van der Waals surface area (Å²) in [6, 6.07) is 19.3. The Morgan fingerprint density at radius 1 is 0.950 bits per heavy atom. The molecule has 0 spiro atoms. The predicted octanol–water partition coefficient (Wildman–Crippen LogP) is 4.09. The molecule has 2 aliphatic heterocycles. The topological polar surface area (TPSA) is 108 Å². The summed E-state index contributed by atoms with van der Waals surface area (Å²) in [5.74, 6) is -0.287. The number of hydrogen-bond acceptors (Lipinski definition) is 7. The van der Waals surface area contributed by atoms with E-state index in [1.165, 1.54) is 0 Å². The molecule has 2 aromatic carbocycles. The van der Waals surface area contributed by atoms with Crippen LogP contribution in [0.1, 0.15) is 17.0 Å². The number of hydrogen-bond donors (Lipinski definition) is 0. The molecule has 10 heteroatoms. The van der Waals surface area contributed by atoms with E-state index >= 15 is 0 Å². The Hall–Kier alpha value is -4.62. The molecule has 3 aromatic rings. The van der Waals surface area contributed by atoms with Gasteiger partial charge in [-0.25, -0.2) is 0 Å². The molecule has 3 heterocycles. The Morgan fingerprint density at radius 2 is 1.65 bits per heavy atom. The lowest BCUT2D eigenvalue weighted by Crippen LogP contribution is -2.49. The number of aromatic nitrogens is 1. The summed E-state index contributed by atoms with van der Waals surface area (Å²) in [6.45, 7) is 8.52. The van der Waals surface area contributed by atoms with Crippen LogP contribution < -0.4 is 9.80 Å². The molecule has 2 saturated heterocycles. The number of carbonyl (C=O) groups is 1. The molecule has 0 unspecified atom stereocenters. The van der Waals surface area contributed by atoms with Crippen LogP contribution in [0.3, 0.4) is 0 Å². The fourth-order valence-corrected chi connectivity index (χ4v) is 5.47. The van der Waals surface area contributed by atoms with Crippen molar-refractivity contribution in [1.29, 1.82) is 5.26 Å². The minimum atomic E-state index is -0.354. The third-order valence-electron chi connectivity index (χ3n) is 7.57. The van der Waals surface area contributed by atoms with Crippen molar-refractivity contribution in [1.82, 2.24) is 9.47 Å². The molecule has 0 aliphatic carbocycles. The molecule has 2 aliphatic rings. The summed E-state index contributed by atoms with van der Waals surface area (Å²) >= 11 is 0. The summed E-state index contributed by atoms with van der Waals surface area (Å²) < 4.78 is 7.31. The molecule has 0 N–H and O–H groups in total. The summed E-state index contributed by atoms with van der Waals surface area (Å²) in [5.41, 5.74) is 4.82. The van der Waals surface area contributed by atoms with Crippen LogP contribution in [-0.2, 0) is 9.53 Å². The molecule has 0 saturated carbocycles. The lowest BCUT2D eigenvalue weighted by molar-refractivity contribution is -0.384. The second-order valence-electron chi connectivity index (χ2n) is 9.98. The first-order valence-corrected chi connectivity index (χ1v) is 13.4. The van der Waals surface area contributed by atoms with Gasteiger partial charge in [-0.05, 0) is 55.8 Å². The number of para-hydroxylation sites is 1. The number of nitrogens with zero attached hydrogens (tertiary/aromatic N) is 6. The van der Waals surface area contributed by atoms with Gasteiger partial charge in [0.05, 0.1) is 23.8 Å². The van der Waals surface area contributed by atoms with E-state index in [-0.39, 0.29) is 22.1 Å². The number of anilines is 2. The number of rotatable bonds is 6. The van der Waals surface area contributed by atoms with Crippen LogP contribution in [0.25, 0.3) is 11.8 Å². The number of aryl methyl sites for hydroxylation is 1. The van der Waals surface area contributed by atoms with E-state index in [0.717, 1.165) is 22.6 Å². The van der Waals surface area contributed by atoms with Crippen LogP contribution in [-0.4, -0.2) is 72.8 Å². The lowest BCUT2D eigenvalue weighted by Gasteiger charge is -2.36. The van der Waals surface area contributed by atoms with Crippen molar-refractivity contribution in [3.8, 4) is 11.8 Å². The Kier molecular flexibility index (Phi) is 7.84. The van der Waals surface area contributed by atoms with E-state index in [9.17, 15) is 20.2 Å². The molecule has 0 atom stereocenters. The third kappa shape index (κ3) is 5.42. The normalized spacial score (nSPS) is 16.1. The first kappa shape index (κ1) is 27.0. The van der Waals surface area contributed by atoms with Crippen molar-refractivity contribution in [2.75, 3.05) is 62.3 Å². The molecular formula is C30H32N6O4. The van der Waals surface area contributed by atoms with Gasteiger partial charge in [-0.1, -0.05) is 18.2 Å². The van der Waals surface area contributed by atoms with Gasteiger partial charge >= 0.3 is 0 Å². The SMILES string of the molecule is Cc1cc(/C=C(\C#N)C(=O)N2CCN(c3ccccc3)CC2)c(C)n1-c1ccc(N2CCOCC2)c([N+](=O)[O-])c1. The van der Waals surface area contributed by atoms with Crippen LogP contribution in [0, 0.1) is 35.3 Å². The Labute approximate surface area is 233 Å². The minimum Gasteiger partial charge on any atom is -0.378 e. The summed E-state index contributed by atoms with van der Waals surface area (Å²) in [5, 5.41) is 21.9. The number of nitro groups is 1. The van der Waals surface area contributed by atoms with Crippen molar-refractivity contribution in [3.63, 3.8) is 0 Å². The van der Waals surface area contributed by atoms with Crippen LogP contribution in [0.15, 0.2) is 60.2 Å². The van der Waals surface area contributed by atoms with Gasteiger partial charge in [-0.3, -0.25) is 14.9 Å². The average molecular weight is 541 g/mol. The maximum Gasteiger partial charge on any atom is 0.294 e. The van der Waals surface area contributed by atoms with Crippen LogP contribution >= 0.6 is 0 Å². The summed E-state index contributed by atoms with van der Waals surface area (Å²) in [6.07, 6.45) is 1.63. The van der Waals surface area contributed by atoms with E-state index in [1.54, 1.807) is 23.1 Å². The summed E-state index contributed by atoms with van der Waals surface area (Å²) in [4.78, 5) is 30.8. The molecule has 40 heavy (non-hydrogen) atoms. The number of piperazine rings is 1. The van der Waals surface area contributed by atoms with Crippen molar-refractivity contribution in [3.05, 3.63) is 87.2 Å². The van der Waals surface area contributed by atoms with E-state index in [2.05, 4.69) is 23.1 Å². The number of carbonyl (C=O) groups excluding carboxylic acids is 1. The highest BCUT2D eigenvalue weighted by atomic mass is 16.6. The highest BCUT2D eigenvalue weighted by Gasteiger charge is 2.26. The molecule has 1 amide bonds. The molecular weight excluding hydrogens is 508 g/mol. The van der Waals surface area contributed by atoms with Gasteiger partial charge in [0, 0.05) is 62.4 Å². The predicted molar refractivity (Wildman–Crippen MR) is 154 cm³/mol. The Bertz CT molecular complexity index is 1480. The van der Waals surface area contributed by atoms with Crippen molar-refractivity contribution in [2.24, 2.45) is 0 Å². The van der Waals surface area contributed by atoms with Crippen molar-refractivity contribution >= 4 is 29.0 Å². The molecule has 0 bridgehead atoms. The molecule has 10 nitrogen and oxygen atoms in total. The van der Waals surface area contributed by atoms with Gasteiger partial charge in [-0.2, -0.15) is 5.26 Å². The maximum atomic E-state index is 13.3. The number of ether oxygens (including phenoxy) is 1. The van der Waals surface area contributed by atoms with Gasteiger partial charge in [0.2, 0.25) is 0 Å². The Balaban J connectivity index is 1.37. The fourth-order valence-electron chi connectivity index (χ4n) is 5.47. The zero-order chi connectivity index (χ0) is 28.2. The first-order valence-electron chi connectivity index (χ1n) is 13.4. The van der Waals surface area contributed by atoms with E-state index in [1.807, 2.05) is 53.6 Å². The standard InChI is InChI=1S/C30H32N6O4/c1-22-18-24(19-25(21-31)30(37)34-12-10-32(11-13-34)26-6-4-3-5-7-26)23(2)35(22)27-8-9-28(29(20-27)36(38)39)33-14-16-40-17-15-33/h3-9,18-20H,10-17H2,1-2H3/b25-19+. The smallest absolute Gasteiger partial charge is 0.294 e. The first-order chi connectivity index (χ1) is 19.4. The van der Waals surface area contributed by atoms with E-state index in [4.69, 9.17) is 4.74 Å². The van der Waals surface area contributed by atoms with Crippen LogP contribution in [0.2, 0.25) is 0 Å². The number of morpholine rings is 1. The highest BCUT2D eigenvalue weighted by Crippen LogP contribution is 2.33. The second-order valence-corrected chi connectivity index (χ2v) is 9.98. The largest absolute Gasteiger partial charge is 0.378 e. The van der Waals surface area contributed by atoms with Gasteiger partial charge < -0.3 is 24.0 Å². The fraction of sp³-hybridized carbons (Fsp3) is 0.333. The number of benzene rings is 2. The third-order valence-corrected chi connectivity index (χ3v) is 7.57. The van der Waals surface area contributed by atoms with E-state index in [0.29, 0.717) is 63.9 Å².